The van der Waals surface area contributed by atoms with Crippen LogP contribution in [0.1, 0.15) is 42.0 Å². The minimum Gasteiger partial charge on any atom is -0.455 e. The molecule has 4 nitrogen and oxygen atoms in total. The number of hydrogen-bond donors (Lipinski definition) is 0. The molecule has 0 fully saturated rings. The maximum atomic E-state index is 9.31. The molecule has 0 radical (unpaired) electrons. The van der Waals surface area contributed by atoms with Gasteiger partial charge in [-0.3, -0.25) is 0 Å². The number of benzene rings is 3. The Morgan fingerprint density at radius 3 is 2.52 bits per heavy atom. The minimum absolute atomic E-state index is 0.445. The van der Waals surface area contributed by atoms with Gasteiger partial charge in [0.05, 0.1) is 29.6 Å². The zero-order valence-corrected chi connectivity index (χ0v) is 18.4. The van der Waals surface area contributed by atoms with Crippen molar-refractivity contribution in [2.75, 3.05) is 0 Å². The Bertz CT molecular complexity index is 1550. The van der Waals surface area contributed by atoms with Crippen LogP contribution in [0.15, 0.2) is 53.2 Å². The normalized spacial score (nSPS) is 11.6. The predicted molar refractivity (Wildman–Crippen MR) is 124 cm³/mol. The van der Waals surface area contributed by atoms with E-state index in [0.717, 1.165) is 44.1 Å². The maximum absolute atomic E-state index is 9.31. The van der Waals surface area contributed by atoms with E-state index in [2.05, 4.69) is 62.6 Å². The lowest BCUT2D eigenvalue weighted by atomic mass is 9.93. The number of rotatable bonds is 2. The van der Waals surface area contributed by atoms with Crippen molar-refractivity contribution in [3.8, 4) is 17.3 Å². The molecule has 5 aromatic rings. The predicted octanol–water partition coefficient (Wildman–Crippen LogP) is 6.24. The molecular weight excluding hydrogens is 382 g/mol. The summed E-state index contributed by atoms with van der Waals surface area (Å²) in [6.07, 6.45) is 1.88. The summed E-state index contributed by atoms with van der Waals surface area (Å²) in [6, 6.07) is 16.6. The van der Waals surface area contributed by atoms with Crippen LogP contribution in [0.5, 0.6) is 0 Å². The molecule has 0 amide bonds. The van der Waals surface area contributed by atoms with E-state index in [9.17, 15) is 5.26 Å². The Balaban J connectivity index is 1.92. The van der Waals surface area contributed by atoms with Gasteiger partial charge in [0.2, 0.25) is 0 Å². The van der Waals surface area contributed by atoms with E-state index in [-0.39, 0.29) is 0 Å². The van der Waals surface area contributed by atoms with Crippen LogP contribution in [0.25, 0.3) is 44.1 Å². The zero-order valence-electron chi connectivity index (χ0n) is 18.4. The first kappa shape index (κ1) is 19.3. The number of aromatic nitrogens is 2. The summed E-state index contributed by atoms with van der Waals surface area (Å²) in [4.78, 5) is 4.70. The van der Waals surface area contributed by atoms with Crippen molar-refractivity contribution in [1.29, 1.82) is 5.26 Å². The van der Waals surface area contributed by atoms with E-state index in [1.165, 1.54) is 16.7 Å². The molecule has 0 bridgehead atoms. The van der Waals surface area contributed by atoms with Gasteiger partial charge in [0.15, 0.2) is 5.52 Å². The molecule has 0 unspecified atom stereocenters. The molecular formula is C27H24N3O+. The topological polar surface area (TPSA) is 53.7 Å². The molecule has 2 aromatic heterocycles. The fourth-order valence-electron chi connectivity index (χ4n) is 4.41. The van der Waals surface area contributed by atoms with E-state index in [4.69, 9.17) is 9.40 Å². The molecule has 152 valence electrons. The number of furan rings is 1. The highest BCUT2D eigenvalue weighted by Gasteiger charge is 2.24. The van der Waals surface area contributed by atoms with Gasteiger partial charge in [-0.25, -0.2) is 4.57 Å². The van der Waals surface area contributed by atoms with Crippen molar-refractivity contribution in [3.05, 3.63) is 71.0 Å². The van der Waals surface area contributed by atoms with Gasteiger partial charge in [-0.2, -0.15) is 5.26 Å². The largest absolute Gasteiger partial charge is 0.455 e. The van der Waals surface area contributed by atoms with Crippen molar-refractivity contribution in [1.82, 2.24) is 4.98 Å². The van der Waals surface area contributed by atoms with Crippen molar-refractivity contribution in [2.45, 2.75) is 33.6 Å². The second-order valence-electron chi connectivity index (χ2n) is 8.63. The lowest BCUT2D eigenvalue weighted by Crippen LogP contribution is -2.32. The second-order valence-corrected chi connectivity index (χ2v) is 8.63. The average molecular weight is 407 g/mol. The standard InChI is InChI=1S/C27H24N3O/c1-15(2)19-7-9-21-23(12-19)29-14-30(5)26(21)25-17(4)16(3)10-22-20-8-6-18(13-28)11-24(20)31-27(22)25/h6-12,14-15H,1-5H3/q+1. The highest BCUT2D eigenvalue weighted by Crippen LogP contribution is 2.40. The fraction of sp³-hybridized carbons (Fsp3) is 0.222. The van der Waals surface area contributed by atoms with Crippen LogP contribution < -0.4 is 4.57 Å². The van der Waals surface area contributed by atoms with Gasteiger partial charge in [0.1, 0.15) is 16.9 Å². The lowest BCUT2D eigenvalue weighted by Gasteiger charge is -2.13. The SMILES string of the molecule is Cc1cc2c(oc3cc(C#N)ccc32)c(-c2c3ccc(C(C)C)cc3nc[n+]2C)c1C. The van der Waals surface area contributed by atoms with Crippen LogP contribution in [0.4, 0.5) is 0 Å². The first-order chi connectivity index (χ1) is 14.9. The van der Waals surface area contributed by atoms with Gasteiger partial charge in [0, 0.05) is 10.8 Å². The quantitative estimate of drug-likeness (QED) is 0.326. The van der Waals surface area contributed by atoms with Crippen LogP contribution in [-0.2, 0) is 7.05 Å². The van der Waals surface area contributed by atoms with Crippen molar-refractivity contribution >= 4 is 32.8 Å². The van der Waals surface area contributed by atoms with Gasteiger partial charge >= 0.3 is 0 Å². The average Bonchev–Trinajstić information content (AvgIpc) is 3.12. The van der Waals surface area contributed by atoms with Gasteiger partial charge in [-0.05, 0) is 77.8 Å². The van der Waals surface area contributed by atoms with Crippen LogP contribution in [0.3, 0.4) is 0 Å². The molecule has 0 spiro atoms. The fourth-order valence-corrected chi connectivity index (χ4v) is 4.41. The molecule has 0 N–H and O–H groups in total. The molecule has 31 heavy (non-hydrogen) atoms. The third-order valence-electron chi connectivity index (χ3n) is 6.32. The molecule has 3 aromatic carbocycles. The number of nitrogens with zero attached hydrogens (tertiary/aromatic N) is 3. The summed E-state index contributed by atoms with van der Waals surface area (Å²) in [6.45, 7) is 8.68. The van der Waals surface area contributed by atoms with Crippen LogP contribution in [0.2, 0.25) is 0 Å². The third kappa shape index (κ3) is 2.89. The first-order valence-corrected chi connectivity index (χ1v) is 10.5. The van der Waals surface area contributed by atoms with Crippen molar-refractivity contribution in [2.24, 2.45) is 7.05 Å². The molecule has 0 saturated heterocycles. The zero-order chi connectivity index (χ0) is 21.9. The number of nitriles is 1. The highest BCUT2D eigenvalue weighted by atomic mass is 16.3. The summed E-state index contributed by atoms with van der Waals surface area (Å²) >= 11 is 0. The Hall–Kier alpha value is -3.71. The van der Waals surface area contributed by atoms with Crippen LogP contribution >= 0.6 is 0 Å². The van der Waals surface area contributed by atoms with Crippen LogP contribution in [-0.4, -0.2) is 4.98 Å². The molecule has 0 atom stereocenters. The molecule has 0 saturated carbocycles. The van der Waals surface area contributed by atoms with E-state index >= 15 is 0 Å². The number of fused-ring (bicyclic) bond motifs is 4. The monoisotopic (exact) mass is 406 g/mol. The van der Waals surface area contributed by atoms with Gasteiger partial charge in [0.25, 0.3) is 6.33 Å². The highest BCUT2D eigenvalue weighted by molar-refractivity contribution is 6.12. The molecule has 5 rings (SSSR count). The van der Waals surface area contributed by atoms with Crippen molar-refractivity contribution < 1.29 is 8.98 Å². The summed E-state index contributed by atoms with van der Waals surface area (Å²) in [5, 5.41) is 12.5. The smallest absolute Gasteiger partial charge is 0.287 e. The van der Waals surface area contributed by atoms with E-state index in [0.29, 0.717) is 11.5 Å². The summed E-state index contributed by atoms with van der Waals surface area (Å²) in [5.74, 6) is 0.445. The molecule has 2 heterocycles. The van der Waals surface area contributed by atoms with Gasteiger partial charge in [-0.1, -0.05) is 19.9 Å². The van der Waals surface area contributed by atoms with E-state index in [1.807, 2.05) is 31.6 Å². The summed E-state index contributed by atoms with van der Waals surface area (Å²) in [7, 11) is 2.03. The first-order valence-electron chi connectivity index (χ1n) is 10.5. The minimum atomic E-state index is 0.445. The molecule has 0 aliphatic heterocycles. The van der Waals surface area contributed by atoms with Gasteiger partial charge < -0.3 is 4.42 Å². The summed E-state index contributed by atoms with van der Waals surface area (Å²) in [5.41, 5.74) is 9.01. The third-order valence-corrected chi connectivity index (χ3v) is 6.32. The van der Waals surface area contributed by atoms with E-state index < -0.39 is 0 Å². The molecule has 0 aliphatic carbocycles. The van der Waals surface area contributed by atoms with E-state index in [1.54, 1.807) is 0 Å². The Morgan fingerprint density at radius 1 is 1.00 bits per heavy atom. The summed E-state index contributed by atoms with van der Waals surface area (Å²) < 4.78 is 8.47. The maximum Gasteiger partial charge on any atom is 0.287 e. The number of hydrogen-bond acceptors (Lipinski definition) is 3. The molecule has 0 aliphatic rings. The Kier molecular flexibility index (Phi) is 4.30. The van der Waals surface area contributed by atoms with Crippen molar-refractivity contribution in [3.63, 3.8) is 0 Å². The van der Waals surface area contributed by atoms with Gasteiger partial charge in [-0.15, -0.1) is 0 Å². The van der Waals surface area contributed by atoms with Crippen LogP contribution in [0, 0.1) is 25.2 Å². The molecule has 4 heteroatoms. The Morgan fingerprint density at radius 2 is 1.77 bits per heavy atom. The Labute approximate surface area is 181 Å². The second kappa shape index (κ2) is 6.92. The number of aryl methyl sites for hydroxylation is 2. The lowest BCUT2D eigenvalue weighted by molar-refractivity contribution is -0.662.